The van der Waals surface area contributed by atoms with E-state index in [2.05, 4.69) is 5.32 Å². The van der Waals surface area contributed by atoms with Crippen LogP contribution < -0.4 is 5.32 Å². The Labute approximate surface area is 57.5 Å². The molecule has 4 heteroatoms. The summed E-state index contributed by atoms with van der Waals surface area (Å²) in [6.45, 7) is 1.05. The molecule has 0 atom stereocenters. The average Bonchev–Trinajstić information content (AvgIpc) is 2.36. The van der Waals surface area contributed by atoms with Crippen LogP contribution in [0.15, 0.2) is 11.4 Å². The van der Waals surface area contributed by atoms with E-state index in [9.17, 15) is 9.18 Å². The molecule has 1 heterocycles. The van der Waals surface area contributed by atoms with Crippen molar-refractivity contribution in [3.8, 4) is 0 Å². The molecule has 1 fully saturated rings. The van der Waals surface area contributed by atoms with Crippen LogP contribution in [0.2, 0.25) is 0 Å². The molecule has 0 radical (unpaired) electrons. The normalized spacial score (nSPS) is 22.9. The molecule has 0 unspecified atom stereocenters. The van der Waals surface area contributed by atoms with E-state index in [4.69, 9.17) is 5.11 Å². The van der Waals surface area contributed by atoms with Gasteiger partial charge in [0, 0.05) is 6.54 Å². The Morgan fingerprint density at radius 1 is 1.70 bits per heavy atom. The first-order valence-electron chi connectivity index (χ1n) is 3.03. The quantitative estimate of drug-likeness (QED) is 0.521. The molecule has 0 saturated carbocycles. The van der Waals surface area contributed by atoms with E-state index < -0.39 is 11.8 Å². The van der Waals surface area contributed by atoms with Crippen LogP contribution >= 0.6 is 0 Å². The Kier molecular flexibility index (Phi) is 2.01. The second-order valence-corrected chi connectivity index (χ2v) is 2.15. The molecule has 1 rings (SSSR count). The SMILES string of the molecule is O=C(O)/C(F)=C1/CCNC1. The maximum atomic E-state index is 12.5. The van der Waals surface area contributed by atoms with Crippen LogP contribution in [0.1, 0.15) is 6.42 Å². The molecule has 1 aliphatic heterocycles. The van der Waals surface area contributed by atoms with E-state index in [0.717, 1.165) is 0 Å². The molecule has 0 aromatic rings. The minimum atomic E-state index is -1.46. The molecule has 0 spiro atoms. The lowest BCUT2D eigenvalue weighted by Crippen LogP contribution is -2.06. The van der Waals surface area contributed by atoms with Gasteiger partial charge in [-0.05, 0) is 18.5 Å². The standard InChI is InChI=1S/C6H8FNO2/c7-5(6(9)10)4-1-2-8-3-4/h8H,1-3H2,(H,9,10)/b5-4+. The number of halogens is 1. The summed E-state index contributed by atoms with van der Waals surface area (Å²) in [4.78, 5) is 10.0. The fraction of sp³-hybridized carbons (Fsp3) is 0.500. The minimum absolute atomic E-state index is 0.368. The number of hydrogen-bond acceptors (Lipinski definition) is 2. The summed E-state index contributed by atoms with van der Waals surface area (Å²) >= 11 is 0. The third-order valence-electron chi connectivity index (χ3n) is 1.44. The molecule has 56 valence electrons. The van der Waals surface area contributed by atoms with Crippen LogP contribution in [0.3, 0.4) is 0 Å². The van der Waals surface area contributed by atoms with Crippen molar-refractivity contribution in [2.24, 2.45) is 0 Å². The van der Waals surface area contributed by atoms with Crippen molar-refractivity contribution in [1.29, 1.82) is 0 Å². The van der Waals surface area contributed by atoms with Gasteiger partial charge in [0.1, 0.15) is 0 Å². The Bertz CT molecular complexity index is 180. The number of aliphatic carboxylic acids is 1. The van der Waals surface area contributed by atoms with E-state index >= 15 is 0 Å². The highest BCUT2D eigenvalue weighted by molar-refractivity contribution is 5.85. The lowest BCUT2D eigenvalue weighted by molar-refractivity contribution is -0.134. The van der Waals surface area contributed by atoms with Crippen molar-refractivity contribution in [2.75, 3.05) is 13.1 Å². The van der Waals surface area contributed by atoms with E-state index in [1.54, 1.807) is 0 Å². The lowest BCUT2D eigenvalue weighted by Gasteiger charge is -1.93. The van der Waals surface area contributed by atoms with Gasteiger partial charge < -0.3 is 10.4 Å². The summed E-state index contributed by atoms with van der Waals surface area (Å²) in [5.41, 5.74) is 0.368. The third kappa shape index (κ3) is 1.33. The Morgan fingerprint density at radius 2 is 2.40 bits per heavy atom. The highest BCUT2D eigenvalue weighted by Crippen LogP contribution is 2.13. The number of nitrogens with one attached hydrogen (secondary N) is 1. The van der Waals surface area contributed by atoms with Crippen molar-refractivity contribution < 1.29 is 14.3 Å². The third-order valence-corrected chi connectivity index (χ3v) is 1.44. The maximum Gasteiger partial charge on any atom is 0.364 e. The summed E-state index contributed by atoms with van der Waals surface area (Å²) in [6, 6.07) is 0. The van der Waals surface area contributed by atoms with Gasteiger partial charge in [-0.1, -0.05) is 0 Å². The van der Waals surface area contributed by atoms with Crippen molar-refractivity contribution in [1.82, 2.24) is 5.32 Å². The lowest BCUT2D eigenvalue weighted by atomic mass is 10.2. The molecule has 0 bridgehead atoms. The highest BCUT2D eigenvalue weighted by Gasteiger charge is 2.16. The zero-order valence-electron chi connectivity index (χ0n) is 5.35. The summed E-state index contributed by atoms with van der Waals surface area (Å²) in [6.07, 6.45) is 0.512. The Balaban J connectivity index is 2.73. The Morgan fingerprint density at radius 3 is 2.80 bits per heavy atom. The van der Waals surface area contributed by atoms with Gasteiger partial charge in [0.25, 0.3) is 0 Å². The van der Waals surface area contributed by atoms with E-state index in [1.165, 1.54) is 0 Å². The first-order valence-corrected chi connectivity index (χ1v) is 3.03. The molecule has 1 saturated heterocycles. The summed E-state index contributed by atoms with van der Waals surface area (Å²) < 4.78 is 12.5. The van der Waals surface area contributed by atoms with Crippen molar-refractivity contribution >= 4 is 5.97 Å². The van der Waals surface area contributed by atoms with Gasteiger partial charge in [-0.2, -0.15) is 4.39 Å². The van der Waals surface area contributed by atoms with Crippen LogP contribution in [0.4, 0.5) is 4.39 Å². The number of carboxylic acids is 1. The minimum Gasteiger partial charge on any atom is -0.476 e. The number of carboxylic acid groups (broad SMARTS) is 1. The number of hydrogen-bond donors (Lipinski definition) is 2. The van der Waals surface area contributed by atoms with Gasteiger partial charge in [-0.25, -0.2) is 4.79 Å². The molecule has 0 amide bonds. The van der Waals surface area contributed by atoms with Crippen LogP contribution in [0.25, 0.3) is 0 Å². The van der Waals surface area contributed by atoms with Gasteiger partial charge in [-0.3, -0.25) is 0 Å². The molecule has 0 aromatic carbocycles. The summed E-state index contributed by atoms with van der Waals surface area (Å²) in [5.74, 6) is -2.45. The van der Waals surface area contributed by atoms with E-state index in [0.29, 0.717) is 25.1 Å². The van der Waals surface area contributed by atoms with Gasteiger partial charge in [-0.15, -0.1) is 0 Å². The van der Waals surface area contributed by atoms with E-state index in [1.807, 2.05) is 0 Å². The van der Waals surface area contributed by atoms with Crippen LogP contribution in [-0.2, 0) is 4.79 Å². The van der Waals surface area contributed by atoms with Gasteiger partial charge in [0.05, 0.1) is 0 Å². The van der Waals surface area contributed by atoms with Gasteiger partial charge in [0.2, 0.25) is 5.83 Å². The molecular formula is C6H8FNO2. The average molecular weight is 145 g/mol. The second-order valence-electron chi connectivity index (χ2n) is 2.15. The summed E-state index contributed by atoms with van der Waals surface area (Å²) in [7, 11) is 0. The van der Waals surface area contributed by atoms with Gasteiger partial charge >= 0.3 is 5.97 Å². The molecule has 1 aliphatic rings. The molecule has 0 aromatic heterocycles. The zero-order chi connectivity index (χ0) is 7.56. The Hall–Kier alpha value is -0.900. The number of carbonyl (C=O) groups is 1. The predicted octanol–water partition coefficient (Wildman–Crippen LogP) is 0.288. The summed E-state index contributed by atoms with van der Waals surface area (Å²) in [5, 5.41) is 11.0. The smallest absolute Gasteiger partial charge is 0.364 e. The molecule has 0 aliphatic carbocycles. The predicted molar refractivity (Wildman–Crippen MR) is 33.3 cm³/mol. The fourth-order valence-corrected chi connectivity index (χ4v) is 0.906. The first-order chi connectivity index (χ1) is 4.72. The topological polar surface area (TPSA) is 49.3 Å². The highest BCUT2D eigenvalue weighted by atomic mass is 19.1. The monoisotopic (exact) mass is 145 g/mol. The second kappa shape index (κ2) is 2.79. The molecule has 2 N–H and O–H groups in total. The van der Waals surface area contributed by atoms with Crippen LogP contribution in [-0.4, -0.2) is 24.2 Å². The van der Waals surface area contributed by atoms with Crippen LogP contribution in [0.5, 0.6) is 0 Å². The zero-order valence-corrected chi connectivity index (χ0v) is 5.35. The molecule has 3 nitrogen and oxygen atoms in total. The van der Waals surface area contributed by atoms with E-state index in [-0.39, 0.29) is 0 Å². The van der Waals surface area contributed by atoms with Crippen LogP contribution in [0, 0.1) is 0 Å². The largest absolute Gasteiger partial charge is 0.476 e. The van der Waals surface area contributed by atoms with Crippen molar-refractivity contribution in [2.45, 2.75) is 6.42 Å². The van der Waals surface area contributed by atoms with Crippen molar-refractivity contribution in [3.05, 3.63) is 11.4 Å². The van der Waals surface area contributed by atoms with Gasteiger partial charge in [0.15, 0.2) is 0 Å². The maximum absolute atomic E-state index is 12.5. The van der Waals surface area contributed by atoms with Crippen molar-refractivity contribution in [3.63, 3.8) is 0 Å². The fourth-order valence-electron chi connectivity index (χ4n) is 0.906. The molecular weight excluding hydrogens is 137 g/mol. The first kappa shape index (κ1) is 7.21. The molecule has 10 heavy (non-hydrogen) atoms. The number of rotatable bonds is 1.